The lowest BCUT2D eigenvalue weighted by Crippen LogP contribution is -2.64. The number of amides is 2. The number of nitrogens with one attached hydrogen (secondary N) is 1. The molecule has 1 aliphatic heterocycles. The van der Waals surface area contributed by atoms with Gasteiger partial charge in [0, 0.05) is 6.54 Å². The minimum Gasteiger partial charge on any atom is -0.342 e. The van der Waals surface area contributed by atoms with E-state index < -0.39 is 0 Å². The highest BCUT2D eigenvalue weighted by molar-refractivity contribution is 5.97. The minimum absolute atomic E-state index is 0.0419. The molecule has 1 aliphatic carbocycles. The fraction of sp³-hybridized carbons (Fsp3) is 0.882. The van der Waals surface area contributed by atoms with E-state index in [2.05, 4.69) is 33.0 Å². The molecule has 0 aromatic rings. The van der Waals surface area contributed by atoms with Crippen LogP contribution in [0.5, 0.6) is 0 Å². The molecule has 1 N–H and O–H groups in total. The van der Waals surface area contributed by atoms with Gasteiger partial charge in [-0.15, -0.1) is 0 Å². The maximum atomic E-state index is 12.8. The van der Waals surface area contributed by atoms with Crippen LogP contribution in [-0.2, 0) is 9.59 Å². The molecule has 0 bridgehead atoms. The Bertz CT molecular complexity index is 394. The summed E-state index contributed by atoms with van der Waals surface area (Å²) in [4.78, 5) is 27.0. The van der Waals surface area contributed by atoms with Gasteiger partial charge in [-0.2, -0.15) is 0 Å². The van der Waals surface area contributed by atoms with Crippen LogP contribution in [0.25, 0.3) is 0 Å². The second-order valence-electron chi connectivity index (χ2n) is 7.39. The number of hydrogen-bond donors (Lipinski definition) is 1. The SMILES string of the molecule is CCC1C(=O)NC(C2CC2)C(=O)N1CC(C(C)C)C(C)C. The Balaban J connectivity index is 2.18. The molecular weight excluding hydrogens is 264 g/mol. The van der Waals surface area contributed by atoms with Crippen molar-refractivity contribution in [2.75, 3.05) is 6.54 Å². The molecule has 2 rings (SSSR count). The van der Waals surface area contributed by atoms with Crippen LogP contribution in [0.3, 0.4) is 0 Å². The number of hydrogen-bond acceptors (Lipinski definition) is 2. The Labute approximate surface area is 128 Å². The first kappa shape index (κ1) is 16.3. The summed E-state index contributed by atoms with van der Waals surface area (Å²) < 4.78 is 0. The third-order valence-corrected chi connectivity index (χ3v) is 5.13. The average molecular weight is 294 g/mol. The van der Waals surface area contributed by atoms with E-state index in [1.54, 1.807) is 0 Å². The normalized spacial score (nSPS) is 27.0. The highest BCUT2D eigenvalue weighted by Gasteiger charge is 2.46. The van der Waals surface area contributed by atoms with E-state index in [4.69, 9.17) is 0 Å². The van der Waals surface area contributed by atoms with Crippen LogP contribution in [0.4, 0.5) is 0 Å². The van der Waals surface area contributed by atoms with Gasteiger partial charge in [-0.1, -0.05) is 34.6 Å². The van der Waals surface area contributed by atoms with Crippen LogP contribution in [0.2, 0.25) is 0 Å². The molecule has 2 fully saturated rings. The van der Waals surface area contributed by atoms with E-state index in [1.807, 2.05) is 11.8 Å². The second kappa shape index (κ2) is 6.37. The van der Waals surface area contributed by atoms with Gasteiger partial charge in [0.05, 0.1) is 0 Å². The summed E-state index contributed by atoms with van der Waals surface area (Å²) in [5.41, 5.74) is 0. The molecule has 2 amide bonds. The van der Waals surface area contributed by atoms with Crippen molar-refractivity contribution in [3.63, 3.8) is 0 Å². The van der Waals surface area contributed by atoms with Crippen LogP contribution >= 0.6 is 0 Å². The van der Waals surface area contributed by atoms with Gasteiger partial charge in [-0.05, 0) is 42.9 Å². The Hall–Kier alpha value is -1.06. The van der Waals surface area contributed by atoms with E-state index in [9.17, 15) is 9.59 Å². The number of carbonyl (C=O) groups is 2. The van der Waals surface area contributed by atoms with Gasteiger partial charge >= 0.3 is 0 Å². The lowest BCUT2D eigenvalue weighted by molar-refractivity contribution is -0.151. The zero-order valence-corrected chi connectivity index (χ0v) is 14.1. The minimum atomic E-state index is -0.285. The maximum absolute atomic E-state index is 12.8. The van der Waals surface area contributed by atoms with Crippen LogP contribution in [0, 0.1) is 23.7 Å². The largest absolute Gasteiger partial charge is 0.342 e. The van der Waals surface area contributed by atoms with Crippen molar-refractivity contribution in [3.05, 3.63) is 0 Å². The average Bonchev–Trinajstić information content (AvgIpc) is 3.22. The predicted octanol–water partition coefficient (Wildman–Crippen LogP) is 2.43. The van der Waals surface area contributed by atoms with Crippen molar-refractivity contribution in [2.45, 2.75) is 66.0 Å². The Morgan fingerprint density at radius 1 is 1.14 bits per heavy atom. The maximum Gasteiger partial charge on any atom is 0.246 e. The van der Waals surface area contributed by atoms with Crippen LogP contribution in [-0.4, -0.2) is 35.3 Å². The molecule has 2 atom stereocenters. The Morgan fingerprint density at radius 3 is 2.14 bits per heavy atom. The topological polar surface area (TPSA) is 49.4 Å². The summed E-state index contributed by atoms with van der Waals surface area (Å²) in [5, 5.41) is 2.96. The molecular formula is C17H30N2O2. The molecule has 1 saturated carbocycles. The molecule has 21 heavy (non-hydrogen) atoms. The van der Waals surface area contributed by atoms with Crippen molar-refractivity contribution in [1.82, 2.24) is 10.2 Å². The van der Waals surface area contributed by atoms with Gasteiger partial charge in [0.25, 0.3) is 0 Å². The monoisotopic (exact) mass is 294 g/mol. The fourth-order valence-electron chi connectivity index (χ4n) is 3.58. The second-order valence-corrected chi connectivity index (χ2v) is 7.39. The van der Waals surface area contributed by atoms with Crippen LogP contribution < -0.4 is 5.32 Å². The van der Waals surface area contributed by atoms with Crippen molar-refractivity contribution in [1.29, 1.82) is 0 Å². The quantitative estimate of drug-likeness (QED) is 0.818. The van der Waals surface area contributed by atoms with E-state index in [-0.39, 0.29) is 23.9 Å². The van der Waals surface area contributed by atoms with Crippen molar-refractivity contribution in [3.8, 4) is 0 Å². The molecule has 0 aromatic heterocycles. The smallest absolute Gasteiger partial charge is 0.246 e. The first-order chi connectivity index (χ1) is 9.86. The van der Waals surface area contributed by atoms with Crippen molar-refractivity contribution >= 4 is 11.8 Å². The third kappa shape index (κ3) is 3.41. The third-order valence-electron chi connectivity index (χ3n) is 5.13. The summed E-state index contributed by atoms with van der Waals surface area (Å²) >= 11 is 0. The molecule has 1 heterocycles. The number of nitrogens with zero attached hydrogens (tertiary/aromatic N) is 1. The zero-order valence-electron chi connectivity index (χ0n) is 14.1. The Morgan fingerprint density at radius 2 is 1.71 bits per heavy atom. The van der Waals surface area contributed by atoms with E-state index in [0.717, 1.165) is 12.8 Å². The summed E-state index contributed by atoms with van der Waals surface area (Å²) in [6.45, 7) is 11.5. The van der Waals surface area contributed by atoms with Gasteiger partial charge < -0.3 is 10.2 Å². The Kier molecular flexibility index (Phi) is 4.95. The van der Waals surface area contributed by atoms with Gasteiger partial charge in [0.2, 0.25) is 11.8 Å². The van der Waals surface area contributed by atoms with Crippen molar-refractivity contribution in [2.24, 2.45) is 23.7 Å². The van der Waals surface area contributed by atoms with Gasteiger partial charge in [-0.3, -0.25) is 9.59 Å². The number of carbonyl (C=O) groups excluding carboxylic acids is 2. The molecule has 1 saturated heterocycles. The summed E-state index contributed by atoms with van der Waals surface area (Å²) in [6, 6.07) is -0.548. The zero-order chi connectivity index (χ0) is 15.7. The van der Waals surface area contributed by atoms with Crippen LogP contribution in [0.1, 0.15) is 53.9 Å². The standard InChI is InChI=1S/C17H30N2O2/c1-6-14-16(20)18-15(12-7-8-12)17(21)19(14)9-13(10(2)3)11(4)5/h10-15H,6-9H2,1-5H3,(H,18,20). The molecule has 0 radical (unpaired) electrons. The summed E-state index contributed by atoms with van der Waals surface area (Å²) in [5.74, 6) is 2.03. The molecule has 120 valence electrons. The lowest BCUT2D eigenvalue weighted by atomic mass is 9.84. The summed E-state index contributed by atoms with van der Waals surface area (Å²) in [6.07, 6.45) is 2.83. The van der Waals surface area contributed by atoms with E-state index in [1.165, 1.54) is 0 Å². The van der Waals surface area contributed by atoms with Gasteiger partial charge in [-0.25, -0.2) is 0 Å². The predicted molar refractivity (Wildman–Crippen MR) is 83.6 cm³/mol. The van der Waals surface area contributed by atoms with Gasteiger partial charge in [0.15, 0.2) is 0 Å². The number of piperazine rings is 1. The van der Waals surface area contributed by atoms with E-state index in [0.29, 0.717) is 36.6 Å². The van der Waals surface area contributed by atoms with E-state index >= 15 is 0 Å². The molecule has 4 nitrogen and oxygen atoms in total. The molecule has 4 heteroatoms. The molecule has 0 aromatic carbocycles. The van der Waals surface area contributed by atoms with Crippen molar-refractivity contribution < 1.29 is 9.59 Å². The fourth-order valence-corrected chi connectivity index (χ4v) is 3.58. The lowest BCUT2D eigenvalue weighted by Gasteiger charge is -2.42. The summed E-state index contributed by atoms with van der Waals surface area (Å²) in [7, 11) is 0. The molecule has 0 spiro atoms. The first-order valence-electron chi connectivity index (χ1n) is 8.47. The number of rotatable bonds is 6. The first-order valence-corrected chi connectivity index (χ1v) is 8.47. The molecule has 2 aliphatic rings. The molecule has 2 unspecified atom stereocenters. The van der Waals surface area contributed by atoms with Crippen LogP contribution in [0.15, 0.2) is 0 Å². The highest BCUT2D eigenvalue weighted by Crippen LogP contribution is 2.36. The highest BCUT2D eigenvalue weighted by atomic mass is 16.2. The van der Waals surface area contributed by atoms with Gasteiger partial charge in [0.1, 0.15) is 12.1 Å².